The zero-order chi connectivity index (χ0) is 19.1. The number of aromatic nitrogens is 2. The molecule has 0 unspecified atom stereocenters. The van der Waals surface area contributed by atoms with Crippen LogP contribution in [0.5, 0.6) is 0 Å². The van der Waals surface area contributed by atoms with E-state index in [1.54, 1.807) is 50.6 Å². The number of nitrogens with one attached hydrogen (secondary N) is 1. The monoisotopic (exact) mass is 396 g/mol. The number of carbonyl (C=O) groups is 2. The number of rotatable bonds is 7. The molecule has 7 nitrogen and oxygen atoms in total. The number of benzene rings is 1. The highest BCUT2D eigenvalue weighted by Crippen LogP contribution is 2.25. The van der Waals surface area contributed by atoms with Gasteiger partial charge in [-0.2, -0.15) is 0 Å². The van der Waals surface area contributed by atoms with Gasteiger partial charge in [0.15, 0.2) is 6.61 Å². The fourth-order valence-corrected chi connectivity index (χ4v) is 2.73. The van der Waals surface area contributed by atoms with Gasteiger partial charge in [0.1, 0.15) is 6.54 Å². The predicted octanol–water partition coefficient (Wildman–Crippen LogP) is 2.64. The summed E-state index contributed by atoms with van der Waals surface area (Å²) in [7, 11) is 1.65. The van der Waals surface area contributed by atoms with Crippen molar-refractivity contribution in [2.24, 2.45) is 0 Å². The topological polar surface area (TPSA) is 84.4 Å². The van der Waals surface area contributed by atoms with Crippen molar-refractivity contribution in [2.75, 3.05) is 25.1 Å². The third-order valence-electron chi connectivity index (χ3n) is 3.43. The number of nitrogens with zero attached hydrogens (tertiary/aromatic N) is 3. The van der Waals surface area contributed by atoms with Crippen LogP contribution in [0.1, 0.15) is 18.5 Å². The van der Waals surface area contributed by atoms with Crippen LogP contribution in [0, 0.1) is 0 Å². The maximum atomic E-state index is 12.0. The second-order valence-electron chi connectivity index (χ2n) is 5.52. The molecule has 1 N–H and O–H groups in total. The van der Waals surface area contributed by atoms with Gasteiger partial charge in [0, 0.05) is 29.5 Å². The van der Waals surface area contributed by atoms with E-state index in [0.29, 0.717) is 16.0 Å². The lowest BCUT2D eigenvalue weighted by Crippen LogP contribution is -2.34. The summed E-state index contributed by atoms with van der Waals surface area (Å²) < 4.78 is 4.98. The van der Waals surface area contributed by atoms with Gasteiger partial charge in [0.05, 0.1) is 6.04 Å². The Labute approximate surface area is 161 Å². The summed E-state index contributed by atoms with van der Waals surface area (Å²) in [6, 6.07) is 6.34. The molecule has 1 heterocycles. The number of likely N-dealkylation sites (N-methyl/N-ethyl adjacent to an activating group) is 1. The summed E-state index contributed by atoms with van der Waals surface area (Å²) in [5, 5.41) is 3.68. The maximum absolute atomic E-state index is 12.0. The molecule has 0 spiro atoms. The van der Waals surface area contributed by atoms with E-state index in [2.05, 4.69) is 15.3 Å². The molecule has 0 aliphatic rings. The van der Waals surface area contributed by atoms with Gasteiger partial charge in [0.25, 0.3) is 5.91 Å². The number of amides is 1. The zero-order valence-electron chi connectivity index (χ0n) is 14.3. The average molecular weight is 397 g/mol. The van der Waals surface area contributed by atoms with E-state index in [-0.39, 0.29) is 12.6 Å². The van der Waals surface area contributed by atoms with Crippen molar-refractivity contribution in [3.05, 3.63) is 52.3 Å². The lowest BCUT2D eigenvalue weighted by Gasteiger charge is -2.17. The highest BCUT2D eigenvalue weighted by atomic mass is 35.5. The smallest absolute Gasteiger partial charge is 0.326 e. The van der Waals surface area contributed by atoms with Crippen LogP contribution in [0.15, 0.2) is 36.7 Å². The Balaban J connectivity index is 1.79. The van der Waals surface area contributed by atoms with Crippen molar-refractivity contribution < 1.29 is 14.3 Å². The zero-order valence-corrected chi connectivity index (χ0v) is 15.8. The van der Waals surface area contributed by atoms with Crippen LogP contribution < -0.4 is 10.2 Å². The molecule has 9 heteroatoms. The molecule has 0 saturated carbocycles. The Hall–Kier alpha value is -2.38. The summed E-state index contributed by atoms with van der Waals surface area (Å²) in [5.41, 5.74) is 0.719. The first-order chi connectivity index (χ1) is 12.4. The molecule has 1 amide bonds. The minimum absolute atomic E-state index is 0.0736. The van der Waals surface area contributed by atoms with E-state index in [4.69, 9.17) is 27.9 Å². The van der Waals surface area contributed by atoms with Crippen molar-refractivity contribution in [2.45, 2.75) is 13.0 Å². The third-order valence-corrected chi connectivity index (χ3v) is 3.99. The number of carbonyl (C=O) groups excluding carboxylic acids is 2. The Morgan fingerprint density at radius 1 is 1.27 bits per heavy atom. The highest BCUT2D eigenvalue weighted by molar-refractivity contribution is 6.35. The first kappa shape index (κ1) is 19.9. The normalized spacial score (nSPS) is 11.5. The molecule has 1 atom stereocenters. The molecule has 0 bridgehead atoms. The molecule has 0 fully saturated rings. The van der Waals surface area contributed by atoms with Crippen LogP contribution in [0.2, 0.25) is 10.0 Å². The van der Waals surface area contributed by atoms with Crippen molar-refractivity contribution in [1.29, 1.82) is 0 Å². The van der Waals surface area contributed by atoms with E-state index in [1.807, 2.05) is 0 Å². The van der Waals surface area contributed by atoms with Crippen molar-refractivity contribution >= 4 is 41.0 Å². The summed E-state index contributed by atoms with van der Waals surface area (Å²) in [5.74, 6) is -0.609. The second-order valence-corrected chi connectivity index (χ2v) is 6.36. The number of hydrogen-bond donors (Lipinski definition) is 1. The number of anilines is 1. The van der Waals surface area contributed by atoms with Crippen LogP contribution in [0.4, 0.5) is 5.95 Å². The van der Waals surface area contributed by atoms with E-state index in [1.165, 1.54) is 4.90 Å². The summed E-state index contributed by atoms with van der Waals surface area (Å²) >= 11 is 12.0. The van der Waals surface area contributed by atoms with Gasteiger partial charge in [-0.05, 0) is 30.7 Å². The molecule has 0 aliphatic heterocycles. The Morgan fingerprint density at radius 3 is 2.62 bits per heavy atom. The van der Waals surface area contributed by atoms with Crippen LogP contribution in [-0.4, -0.2) is 42.0 Å². The molecule has 0 radical (unpaired) electrons. The number of ether oxygens (including phenoxy) is 1. The number of hydrogen-bond acceptors (Lipinski definition) is 6. The minimum atomic E-state index is -0.563. The maximum Gasteiger partial charge on any atom is 0.326 e. The molecule has 0 aliphatic carbocycles. The van der Waals surface area contributed by atoms with E-state index in [9.17, 15) is 9.59 Å². The summed E-state index contributed by atoms with van der Waals surface area (Å²) in [4.78, 5) is 33.4. The Morgan fingerprint density at radius 2 is 1.96 bits per heavy atom. The Bertz CT molecular complexity index is 774. The standard InChI is InChI=1S/C17H18Cl2N4O3/c1-11(13-5-4-12(18)8-14(13)19)22-15(24)10-26-16(25)9-23(2)17-20-6-3-7-21-17/h3-8,11H,9-10H2,1-2H3,(H,22,24)/t11-/m0/s1. The summed E-state index contributed by atoms with van der Waals surface area (Å²) in [6.07, 6.45) is 3.14. The minimum Gasteiger partial charge on any atom is -0.454 e. The second kappa shape index (κ2) is 9.35. The van der Waals surface area contributed by atoms with Crippen molar-refractivity contribution in [3.8, 4) is 0 Å². The van der Waals surface area contributed by atoms with Gasteiger partial charge in [-0.1, -0.05) is 29.3 Å². The number of esters is 1. The van der Waals surface area contributed by atoms with Crippen LogP contribution in [0.25, 0.3) is 0 Å². The van der Waals surface area contributed by atoms with Crippen LogP contribution >= 0.6 is 23.2 Å². The fraction of sp³-hybridized carbons (Fsp3) is 0.294. The molecule has 1 aromatic heterocycles. The van der Waals surface area contributed by atoms with Gasteiger partial charge in [-0.3, -0.25) is 9.59 Å². The van der Waals surface area contributed by atoms with E-state index < -0.39 is 18.5 Å². The van der Waals surface area contributed by atoms with Gasteiger partial charge in [-0.25, -0.2) is 9.97 Å². The Kier molecular flexibility index (Phi) is 7.17. The van der Waals surface area contributed by atoms with Crippen molar-refractivity contribution in [1.82, 2.24) is 15.3 Å². The van der Waals surface area contributed by atoms with Gasteiger partial charge in [-0.15, -0.1) is 0 Å². The lowest BCUT2D eigenvalue weighted by atomic mass is 10.1. The third kappa shape index (κ3) is 5.86. The number of halogens is 2. The quantitative estimate of drug-likeness (QED) is 0.724. The summed E-state index contributed by atoms with van der Waals surface area (Å²) in [6.45, 7) is 1.31. The predicted molar refractivity (Wildman–Crippen MR) is 99.3 cm³/mol. The largest absolute Gasteiger partial charge is 0.454 e. The SMILES string of the molecule is C[C@H](NC(=O)COC(=O)CN(C)c1ncccn1)c1ccc(Cl)cc1Cl. The molecule has 0 saturated heterocycles. The highest BCUT2D eigenvalue weighted by Gasteiger charge is 2.16. The van der Waals surface area contributed by atoms with Gasteiger partial charge in [0.2, 0.25) is 5.95 Å². The molecular formula is C17H18Cl2N4O3. The van der Waals surface area contributed by atoms with E-state index in [0.717, 1.165) is 5.56 Å². The molecular weight excluding hydrogens is 379 g/mol. The van der Waals surface area contributed by atoms with Gasteiger partial charge >= 0.3 is 5.97 Å². The molecule has 26 heavy (non-hydrogen) atoms. The van der Waals surface area contributed by atoms with E-state index >= 15 is 0 Å². The first-order valence-electron chi connectivity index (χ1n) is 7.75. The lowest BCUT2D eigenvalue weighted by molar-refractivity contribution is -0.147. The molecule has 2 aromatic rings. The van der Waals surface area contributed by atoms with Crippen molar-refractivity contribution in [3.63, 3.8) is 0 Å². The molecule has 1 aromatic carbocycles. The van der Waals surface area contributed by atoms with Crippen LogP contribution in [-0.2, 0) is 14.3 Å². The van der Waals surface area contributed by atoms with Gasteiger partial charge < -0.3 is 15.0 Å². The average Bonchev–Trinajstić information content (AvgIpc) is 2.60. The molecule has 2 rings (SSSR count). The molecule has 138 valence electrons. The fourth-order valence-electron chi connectivity index (χ4n) is 2.16. The first-order valence-corrected chi connectivity index (χ1v) is 8.50. The van der Waals surface area contributed by atoms with Crippen LogP contribution in [0.3, 0.4) is 0 Å².